The van der Waals surface area contributed by atoms with Crippen LogP contribution in [0, 0.1) is 11.8 Å². The molecule has 3 aliphatic rings. The summed E-state index contributed by atoms with van der Waals surface area (Å²) in [6.07, 6.45) is 8.55. The first-order valence-electron chi connectivity index (χ1n) is 11.8. The standard InChI is InChI=1S/C24H36N2O5S2/c1-24(2,3)31-23(30)25-11-5-8-17-21(28)20(22(29)26-17)18(27)10-9-15-6-4-7-16(15)14-19-32-12-13-33-19/h9-10,15-17,19,27H,4-8,11-14H2,1-3H3,(H,25,30)(H,26,29)/b10-9?,20-18-. The van der Waals surface area contributed by atoms with E-state index in [-0.39, 0.29) is 17.1 Å². The molecule has 0 radical (unpaired) electrons. The molecule has 3 unspecified atom stereocenters. The molecule has 0 bridgehead atoms. The summed E-state index contributed by atoms with van der Waals surface area (Å²) in [5, 5.41) is 15.8. The van der Waals surface area contributed by atoms with Gasteiger partial charge >= 0.3 is 6.09 Å². The van der Waals surface area contributed by atoms with Crippen LogP contribution < -0.4 is 10.6 Å². The Balaban J connectivity index is 1.49. The van der Waals surface area contributed by atoms with Crippen LogP contribution in [-0.2, 0) is 14.3 Å². The Morgan fingerprint density at radius 2 is 1.97 bits per heavy atom. The Bertz CT molecular complexity index is 799. The lowest BCUT2D eigenvalue weighted by molar-refractivity contribution is -0.117. The molecule has 1 aliphatic carbocycles. The fourth-order valence-corrected chi connectivity index (χ4v) is 7.56. The van der Waals surface area contributed by atoms with Crippen molar-refractivity contribution in [1.82, 2.24) is 10.6 Å². The minimum Gasteiger partial charge on any atom is -0.507 e. The van der Waals surface area contributed by atoms with E-state index >= 15 is 0 Å². The minimum absolute atomic E-state index is 0.159. The minimum atomic E-state index is -0.681. The van der Waals surface area contributed by atoms with Gasteiger partial charge < -0.3 is 20.5 Å². The average Bonchev–Trinajstić information content (AvgIpc) is 3.45. The maximum Gasteiger partial charge on any atom is 0.407 e. The van der Waals surface area contributed by atoms with Crippen molar-refractivity contribution in [1.29, 1.82) is 0 Å². The number of carbonyl (C=O) groups is 3. The molecule has 3 N–H and O–H groups in total. The van der Waals surface area contributed by atoms with Crippen LogP contribution in [0.2, 0.25) is 0 Å². The molecule has 2 aliphatic heterocycles. The van der Waals surface area contributed by atoms with Crippen molar-refractivity contribution in [2.24, 2.45) is 11.8 Å². The molecular formula is C24H36N2O5S2. The van der Waals surface area contributed by atoms with E-state index in [4.69, 9.17) is 4.74 Å². The van der Waals surface area contributed by atoms with Gasteiger partial charge in [-0.15, -0.1) is 23.5 Å². The fraction of sp³-hybridized carbons (Fsp3) is 0.708. The Morgan fingerprint density at radius 1 is 1.24 bits per heavy atom. The van der Waals surface area contributed by atoms with E-state index < -0.39 is 23.6 Å². The number of ketones is 1. The van der Waals surface area contributed by atoms with Gasteiger partial charge in [0.05, 0.1) is 10.6 Å². The first kappa shape index (κ1) is 26.0. The third-order valence-corrected chi connectivity index (χ3v) is 9.18. The highest BCUT2D eigenvalue weighted by Crippen LogP contribution is 2.43. The van der Waals surface area contributed by atoms with E-state index in [1.54, 1.807) is 26.8 Å². The highest BCUT2D eigenvalue weighted by molar-refractivity contribution is 8.20. The molecule has 0 aromatic carbocycles. The number of carbonyl (C=O) groups excluding carboxylic acids is 3. The third-order valence-electron chi connectivity index (χ3n) is 6.09. The SMILES string of the molecule is CC(C)(C)OC(=O)NCCCC1NC(=O)/C(=C(\O)C=CC2CCCC2CC2SCCS2)C1=O. The zero-order valence-corrected chi connectivity index (χ0v) is 21.4. The number of rotatable bonds is 8. The Morgan fingerprint density at radius 3 is 2.67 bits per heavy atom. The first-order chi connectivity index (χ1) is 15.6. The van der Waals surface area contributed by atoms with Crippen molar-refractivity contribution in [2.45, 2.75) is 75.5 Å². The normalized spacial score (nSPS) is 27.9. The molecule has 2 saturated heterocycles. The van der Waals surface area contributed by atoms with Crippen molar-refractivity contribution in [2.75, 3.05) is 18.1 Å². The van der Waals surface area contributed by atoms with E-state index in [1.165, 1.54) is 30.8 Å². The summed E-state index contributed by atoms with van der Waals surface area (Å²) in [4.78, 5) is 36.7. The molecule has 184 valence electrons. The summed E-state index contributed by atoms with van der Waals surface area (Å²) in [5.74, 6) is 2.26. The average molecular weight is 497 g/mol. The summed E-state index contributed by atoms with van der Waals surface area (Å²) < 4.78 is 5.84. The molecule has 0 aromatic rings. The van der Waals surface area contributed by atoms with Crippen LogP contribution >= 0.6 is 23.5 Å². The smallest absolute Gasteiger partial charge is 0.407 e. The van der Waals surface area contributed by atoms with Crippen LogP contribution in [0.15, 0.2) is 23.5 Å². The predicted molar refractivity (Wildman–Crippen MR) is 133 cm³/mol. The number of amides is 2. The Hall–Kier alpha value is -1.61. The number of hydrogen-bond acceptors (Lipinski definition) is 7. The van der Waals surface area contributed by atoms with Crippen LogP contribution in [0.1, 0.15) is 59.3 Å². The van der Waals surface area contributed by atoms with Crippen molar-refractivity contribution in [3.63, 3.8) is 0 Å². The summed E-state index contributed by atoms with van der Waals surface area (Å²) in [6.45, 7) is 5.69. The lowest BCUT2D eigenvalue weighted by atomic mass is 9.92. The van der Waals surface area contributed by atoms with Gasteiger partial charge in [-0.3, -0.25) is 9.59 Å². The predicted octanol–water partition coefficient (Wildman–Crippen LogP) is 4.34. The van der Waals surface area contributed by atoms with Gasteiger partial charge in [-0.05, 0) is 70.8 Å². The fourth-order valence-electron chi connectivity index (χ4n) is 4.54. The van der Waals surface area contributed by atoms with Gasteiger partial charge in [0.1, 0.15) is 16.9 Å². The van der Waals surface area contributed by atoms with E-state index in [2.05, 4.69) is 10.6 Å². The van der Waals surface area contributed by atoms with Gasteiger partial charge in [0, 0.05) is 18.1 Å². The topological polar surface area (TPSA) is 105 Å². The largest absolute Gasteiger partial charge is 0.507 e. The Labute approximate surface area is 204 Å². The van der Waals surface area contributed by atoms with E-state index in [0.717, 1.165) is 6.42 Å². The van der Waals surface area contributed by atoms with Crippen LogP contribution in [0.3, 0.4) is 0 Å². The monoisotopic (exact) mass is 496 g/mol. The second-order valence-corrected chi connectivity index (χ2v) is 12.8. The molecule has 7 nitrogen and oxygen atoms in total. The number of aliphatic hydroxyl groups excluding tert-OH is 1. The summed E-state index contributed by atoms with van der Waals surface area (Å²) in [7, 11) is 0. The highest BCUT2D eigenvalue weighted by Gasteiger charge is 2.38. The molecule has 0 aromatic heterocycles. The van der Waals surface area contributed by atoms with Gasteiger partial charge in [0.15, 0.2) is 5.78 Å². The molecule has 2 heterocycles. The van der Waals surface area contributed by atoms with E-state index in [0.29, 0.717) is 35.8 Å². The van der Waals surface area contributed by atoms with Crippen molar-refractivity contribution < 1.29 is 24.2 Å². The molecule has 9 heteroatoms. The second-order valence-electron chi connectivity index (χ2n) is 9.84. The van der Waals surface area contributed by atoms with Crippen molar-refractivity contribution >= 4 is 41.3 Å². The second kappa shape index (κ2) is 11.7. The van der Waals surface area contributed by atoms with Crippen molar-refractivity contribution in [3.8, 4) is 0 Å². The number of nitrogens with one attached hydrogen (secondary N) is 2. The summed E-state index contributed by atoms with van der Waals surface area (Å²) in [5.41, 5.74) is -0.732. The summed E-state index contributed by atoms with van der Waals surface area (Å²) in [6, 6.07) is -0.681. The Kier molecular flexibility index (Phi) is 9.21. The van der Waals surface area contributed by atoms with Gasteiger partial charge in [-0.2, -0.15) is 0 Å². The molecule has 3 atom stereocenters. The van der Waals surface area contributed by atoms with Gasteiger partial charge in [0.25, 0.3) is 5.91 Å². The lowest BCUT2D eigenvalue weighted by Crippen LogP contribution is -2.34. The number of hydrogen-bond donors (Lipinski definition) is 3. The number of Topliss-reactive ketones (excluding diaryl/α,β-unsaturated/α-hetero) is 1. The molecule has 0 spiro atoms. The molecule has 2 amide bonds. The zero-order chi connectivity index (χ0) is 24.0. The summed E-state index contributed by atoms with van der Waals surface area (Å²) >= 11 is 4.08. The quantitative estimate of drug-likeness (QED) is 0.199. The first-order valence-corrected chi connectivity index (χ1v) is 13.9. The molecule has 33 heavy (non-hydrogen) atoms. The molecule has 1 saturated carbocycles. The van der Waals surface area contributed by atoms with Crippen LogP contribution in [0.25, 0.3) is 0 Å². The highest BCUT2D eigenvalue weighted by atomic mass is 32.2. The van der Waals surface area contributed by atoms with E-state index in [9.17, 15) is 19.5 Å². The number of aliphatic hydroxyl groups is 1. The number of thioether (sulfide) groups is 2. The van der Waals surface area contributed by atoms with Crippen LogP contribution in [-0.4, -0.2) is 57.2 Å². The number of allylic oxidation sites excluding steroid dienone is 2. The number of alkyl carbamates (subject to hydrolysis) is 1. The lowest BCUT2D eigenvalue weighted by Gasteiger charge is -2.19. The van der Waals surface area contributed by atoms with Gasteiger partial charge in [-0.1, -0.05) is 12.5 Å². The zero-order valence-electron chi connectivity index (χ0n) is 19.7. The van der Waals surface area contributed by atoms with Crippen molar-refractivity contribution in [3.05, 3.63) is 23.5 Å². The van der Waals surface area contributed by atoms with Gasteiger partial charge in [-0.25, -0.2) is 4.79 Å². The number of ether oxygens (including phenoxy) is 1. The molecule has 3 fully saturated rings. The third kappa shape index (κ3) is 7.70. The van der Waals surface area contributed by atoms with E-state index in [1.807, 2.05) is 29.6 Å². The van der Waals surface area contributed by atoms with Gasteiger partial charge in [0.2, 0.25) is 0 Å². The maximum atomic E-state index is 12.7. The molecular weight excluding hydrogens is 460 g/mol. The maximum absolute atomic E-state index is 12.7. The molecule has 3 rings (SSSR count). The van der Waals surface area contributed by atoms with Crippen LogP contribution in [0.5, 0.6) is 0 Å². The van der Waals surface area contributed by atoms with Crippen LogP contribution in [0.4, 0.5) is 4.79 Å².